The van der Waals surface area contributed by atoms with Crippen molar-refractivity contribution in [2.75, 3.05) is 37.7 Å². The first-order valence-electron chi connectivity index (χ1n) is 9.22. The molecule has 0 radical (unpaired) electrons. The lowest BCUT2D eigenvalue weighted by Gasteiger charge is -2.38. The van der Waals surface area contributed by atoms with Gasteiger partial charge in [-0.2, -0.15) is 0 Å². The summed E-state index contributed by atoms with van der Waals surface area (Å²) in [6, 6.07) is 5.08. The van der Waals surface area contributed by atoms with Gasteiger partial charge in [0, 0.05) is 25.0 Å². The fourth-order valence-corrected chi connectivity index (χ4v) is 3.44. The third-order valence-corrected chi connectivity index (χ3v) is 5.02. The molecule has 4 nitrogen and oxygen atoms in total. The molecule has 25 heavy (non-hydrogen) atoms. The van der Waals surface area contributed by atoms with Crippen LogP contribution in [-0.4, -0.2) is 43.7 Å². The number of hydrogen-bond donors (Lipinski definition) is 0. The van der Waals surface area contributed by atoms with E-state index in [2.05, 4.69) is 11.0 Å². The summed E-state index contributed by atoms with van der Waals surface area (Å²) in [7, 11) is 0. The lowest BCUT2D eigenvalue weighted by atomic mass is 9.98. The Balaban J connectivity index is 0.000000880. The fraction of sp³-hybridized carbons (Fsp3) is 0.550. The number of nitrogens with zero attached hydrogens (tertiary/aromatic N) is 2. The smallest absolute Gasteiger partial charge is 0.274 e. The van der Waals surface area contributed by atoms with Crippen molar-refractivity contribution in [1.29, 1.82) is 0 Å². The van der Waals surface area contributed by atoms with Crippen molar-refractivity contribution in [2.45, 2.75) is 33.6 Å². The summed E-state index contributed by atoms with van der Waals surface area (Å²) < 4.78 is 19.8. The van der Waals surface area contributed by atoms with Crippen molar-refractivity contribution in [3.05, 3.63) is 41.4 Å². The Bertz CT molecular complexity index is 676. The van der Waals surface area contributed by atoms with E-state index >= 15 is 0 Å². The number of carbonyl (C=O) groups is 1. The highest BCUT2D eigenvalue weighted by Gasteiger charge is 2.48. The minimum atomic E-state index is -0.322. The summed E-state index contributed by atoms with van der Waals surface area (Å²) in [4.78, 5) is 16.7. The average molecular weight is 346 g/mol. The van der Waals surface area contributed by atoms with E-state index in [1.165, 1.54) is 6.07 Å². The largest absolute Gasteiger partial charge is 0.378 e. The minimum absolute atomic E-state index is 0.0405. The van der Waals surface area contributed by atoms with Crippen LogP contribution in [0.5, 0.6) is 0 Å². The number of anilines is 1. The summed E-state index contributed by atoms with van der Waals surface area (Å²) in [5.74, 6) is -0.412. The third kappa shape index (κ3) is 3.56. The molecule has 1 aromatic carbocycles. The van der Waals surface area contributed by atoms with Gasteiger partial charge < -0.3 is 14.5 Å². The second-order valence-electron chi connectivity index (χ2n) is 6.84. The molecule has 2 fully saturated rings. The molecule has 0 atom stereocenters. The molecule has 5 heteroatoms. The first-order chi connectivity index (χ1) is 12.1. The van der Waals surface area contributed by atoms with Crippen LogP contribution in [0.15, 0.2) is 30.0 Å². The van der Waals surface area contributed by atoms with Crippen LogP contribution in [0.4, 0.5) is 10.1 Å². The lowest BCUT2D eigenvalue weighted by molar-refractivity contribution is -0.118. The Kier molecular flexibility index (Phi) is 5.13. The Labute approximate surface area is 149 Å². The Morgan fingerprint density at radius 3 is 2.44 bits per heavy atom. The van der Waals surface area contributed by atoms with E-state index < -0.39 is 0 Å². The molecule has 3 aliphatic rings. The summed E-state index contributed by atoms with van der Waals surface area (Å²) in [5, 5.41) is 0. The number of benzene rings is 1. The minimum Gasteiger partial charge on any atom is -0.378 e. The van der Waals surface area contributed by atoms with Crippen LogP contribution < -0.4 is 4.90 Å². The van der Waals surface area contributed by atoms with Crippen LogP contribution in [-0.2, 0) is 9.53 Å². The number of hydrogen-bond acceptors (Lipinski definition) is 3. The van der Waals surface area contributed by atoms with E-state index in [0.717, 1.165) is 37.2 Å². The van der Waals surface area contributed by atoms with Crippen molar-refractivity contribution in [2.24, 2.45) is 5.41 Å². The maximum Gasteiger partial charge on any atom is 0.274 e. The van der Waals surface area contributed by atoms with Crippen molar-refractivity contribution in [3.8, 4) is 0 Å². The van der Waals surface area contributed by atoms with Gasteiger partial charge in [0.25, 0.3) is 5.91 Å². The topological polar surface area (TPSA) is 32.8 Å². The predicted molar refractivity (Wildman–Crippen MR) is 97.0 cm³/mol. The molecule has 0 N–H and O–H groups in total. The average Bonchev–Trinajstić information content (AvgIpc) is 3.39. The SMILES string of the molecule is CC.Cc1ccc(N2CC3(C=C(N4CCOCC4)C2=O)CC3)c(F)c1. The van der Waals surface area contributed by atoms with Crippen molar-refractivity contribution in [1.82, 2.24) is 4.90 Å². The molecule has 1 amide bonds. The van der Waals surface area contributed by atoms with Gasteiger partial charge in [-0.3, -0.25) is 4.79 Å². The molecule has 0 bridgehead atoms. The van der Waals surface area contributed by atoms with Crippen LogP contribution in [0.1, 0.15) is 32.3 Å². The Morgan fingerprint density at radius 2 is 1.84 bits per heavy atom. The van der Waals surface area contributed by atoms with E-state index in [1.54, 1.807) is 11.0 Å². The molecule has 4 rings (SSSR count). The van der Waals surface area contributed by atoms with Gasteiger partial charge in [0.15, 0.2) is 0 Å². The number of rotatable bonds is 2. The van der Waals surface area contributed by atoms with Gasteiger partial charge in [0.1, 0.15) is 5.82 Å². The summed E-state index contributed by atoms with van der Waals surface area (Å²) in [6.07, 6.45) is 4.26. The molecule has 1 saturated carbocycles. The zero-order valence-electron chi connectivity index (χ0n) is 15.3. The monoisotopic (exact) mass is 346 g/mol. The molecule has 136 valence electrons. The fourth-order valence-electron chi connectivity index (χ4n) is 3.44. The van der Waals surface area contributed by atoms with Crippen LogP contribution in [0.25, 0.3) is 0 Å². The van der Waals surface area contributed by atoms with E-state index in [1.807, 2.05) is 26.8 Å². The molecule has 2 aliphatic heterocycles. The molecular formula is C20H27FN2O2. The van der Waals surface area contributed by atoms with E-state index in [-0.39, 0.29) is 17.1 Å². The first kappa shape index (κ1) is 17.9. The maximum absolute atomic E-state index is 14.4. The quantitative estimate of drug-likeness (QED) is 0.822. The molecular weight excluding hydrogens is 319 g/mol. The highest BCUT2D eigenvalue weighted by atomic mass is 19.1. The number of morpholine rings is 1. The van der Waals surface area contributed by atoms with Gasteiger partial charge >= 0.3 is 0 Å². The molecule has 0 aromatic heterocycles. The van der Waals surface area contributed by atoms with E-state index in [4.69, 9.17) is 4.74 Å². The zero-order chi connectivity index (χ0) is 18.0. The van der Waals surface area contributed by atoms with Gasteiger partial charge in [-0.15, -0.1) is 0 Å². The molecule has 1 spiro atoms. The van der Waals surface area contributed by atoms with Gasteiger partial charge in [-0.1, -0.05) is 19.9 Å². The summed E-state index contributed by atoms with van der Waals surface area (Å²) >= 11 is 0. The normalized spacial score (nSPS) is 21.6. The van der Waals surface area contributed by atoms with Crippen molar-refractivity contribution >= 4 is 11.6 Å². The maximum atomic E-state index is 14.4. The highest BCUT2D eigenvalue weighted by molar-refractivity contribution is 6.06. The summed E-state index contributed by atoms with van der Waals surface area (Å²) in [6.45, 7) is 9.15. The molecule has 2 heterocycles. The van der Waals surface area contributed by atoms with Crippen LogP contribution in [0.2, 0.25) is 0 Å². The number of amides is 1. The number of ether oxygens (including phenoxy) is 1. The third-order valence-electron chi connectivity index (χ3n) is 5.02. The number of carbonyl (C=O) groups excluding carboxylic acids is 1. The van der Waals surface area contributed by atoms with Gasteiger partial charge in [-0.05, 0) is 43.5 Å². The Morgan fingerprint density at radius 1 is 1.16 bits per heavy atom. The van der Waals surface area contributed by atoms with Gasteiger partial charge in [0.05, 0.1) is 24.6 Å². The van der Waals surface area contributed by atoms with E-state index in [9.17, 15) is 9.18 Å². The second-order valence-corrected chi connectivity index (χ2v) is 6.84. The molecule has 1 saturated heterocycles. The summed E-state index contributed by atoms with van der Waals surface area (Å²) in [5.41, 5.74) is 2.02. The standard InChI is InChI=1S/C18H21FN2O2.C2H6/c1-13-2-3-15(14(19)10-13)21-12-18(4-5-18)11-16(17(21)22)20-6-8-23-9-7-20;1-2/h2-3,10-11H,4-9,12H2,1H3;1-2H3. The Hall–Kier alpha value is -1.88. The first-order valence-corrected chi connectivity index (χ1v) is 9.22. The number of aryl methyl sites for hydroxylation is 1. The zero-order valence-corrected chi connectivity index (χ0v) is 15.3. The van der Waals surface area contributed by atoms with E-state index in [0.29, 0.717) is 25.4 Å². The number of halogens is 1. The lowest BCUT2D eigenvalue weighted by Crippen LogP contribution is -2.48. The second kappa shape index (κ2) is 7.16. The molecule has 0 unspecified atom stereocenters. The van der Waals surface area contributed by atoms with Crippen LogP contribution in [0.3, 0.4) is 0 Å². The van der Waals surface area contributed by atoms with Crippen LogP contribution >= 0.6 is 0 Å². The molecule has 1 aliphatic carbocycles. The van der Waals surface area contributed by atoms with Crippen LogP contribution in [0, 0.1) is 18.2 Å². The molecule has 1 aromatic rings. The predicted octanol–water partition coefficient (Wildman–Crippen LogP) is 3.50. The van der Waals surface area contributed by atoms with Crippen molar-refractivity contribution < 1.29 is 13.9 Å². The highest BCUT2D eigenvalue weighted by Crippen LogP contribution is 2.51. The van der Waals surface area contributed by atoms with Crippen molar-refractivity contribution in [3.63, 3.8) is 0 Å². The van der Waals surface area contributed by atoms with Gasteiger partial charge in [-0.25, -0.2) is 4.39 Å². The van der Waals surface area contributed by atoms with Gasteiger partial charge in [0.2, 0.25) is 0 Å².